The number of carbonyl (C=O) groups is 1. The van der Waals surface area contributed by atoms with Crippen LogP contribution in [-0.2, 0) is 0 Å². The molecule has 1 aromatic rings. The summed E-state index contributed by atoms with van der Waals surface area (Å²) in [6, 6.07) is 3.11. The van der Waals surface area contributed by atoms with Gasteiger partial charge in [-0.3, -0.25) is 4.79 Å². The maximum atomic E-state index is 11.0. The Hall–Kier alpha value is -1.42. The highest BCUT2D eigenvalue weighted by Gasteiger charge is 2.12. The van der Waals surface area contributed by atoms with E-state index in [1.807, 2.05) is 0 Å². The number of benzene rings is 1. The molecule has 0 spiro atoms. The van der Waals surface area contributed by atoms with Crippen LogP contribution in [0.1, 0.15) is 10.4 Å². The molecule has 1 amide bonds. The maximum Gasteiger partial charge on any atom is 0.252 e. The Morgan fingerprint density at radius 3 is 2.64 bits per heavy atom. The predicted molar refractivity (Wildman–Crippen MR) is 56.1 cm³/mol. The van der Waals surface area contributed by atoms with E-state index in [1.54, 1.807) is 13.1 Å². The number of hydrogen-bond acceptors (Lipinski definition) is 3. The predicted octanol–water partition coefficient (Wildman–Crippen LogP) is 1.49. The van der Waals surface area contributed by atoms with Crippen LogP contribution in [0.15, 0.2) is 12.1 Å². The summed E-state index contributed by atoms with van der Waals surface area (Å²) in [4.78, 5) is 11.0. The van der Waals surface area contributed by atoms with Crippen LogP contribution in [0.25, 0.3) is 0 Å². The van der Waals surface area contributed by atoms with E-state index in [0.29, 0.717) is 16.5 Å². The number of carbonyl (C=O) groups excluding carboxylic acids is 1. The van der Waals surface area contributed by atoms with Gasteiger partial charge in [0.2, 0.25) is 0 Å². The lowest BCUT2D eigenvalue weighted by molar-refractivity contribution is 0.0997. The minimum absolute atomic E-state index is 0.275. The van der Waals surface area contributed by atoms with Crippen molar-refractivity contribution in [2.75, 3.05) is 19.5 Å². The molecule has 5 heteroatoms. The van der Waals surface area contributed by atoms with Crippen molar-refractivity contribution in [2.24, 2.45) is 5.73 Å². The third-order valence-electron chi connectivity index (χ3n) is 1.82. The zero-order valence-electron chi connectivity index (χ0n) is 7.93. The Morgan fingerprint density at radius 2 is 2.21 bits per heavy atom. The molecule has 0 radical (unpaired) electrons. The minimum atomic E-state index is -0.564. The van der Waals surface area contributed by atoms with Crippen molar-refractivity contribution >= 4 is 23.2 Å². The van der Waals surface area contributed by atoms with Gasteiger partial charge >= 0.3 is 0 Å². The molecule has 0 heterocycles. The van der Waals surface area contributed by atoms with Crippen molar-refractivity contribution in [3.8, 4) is 5.75 Å². The smallest absolute Gasteiger partial charge is 0.252 e. The van der Waals surface area contributed by atoms with Crippen molar-refractivity contribution in [3.05, 3.63) is 22.7 Å². The molecule has 14 heavy (non-hydrogen) atoms. The average molecular weight is 215 g/mol. The van der Waals surface area contributed by atoms with Gasteiger partial charge in [-0.1, -0.05) is 11.6 Å². The van der Waals surface area contributed by atoms with Crippen molar-refractivity contribution in [1.29, 1.82) is 0 Å². The SMILES string of the molecule is CNc1cc(OC)c(C(N)=O)cc1Cl. The second-order valence-corrected chi connectivity index (χ2v) is 3.05. The Kier molecular flexibility index (Phi) is 3.19. The van der Waals surface area contributed by atoms with Crippen molar-refractivity contribution in [2.45, 2.75) is 0 Å². The first-order valence-electron chi connectivity index (χ1n) is 3.95. The van der Waals surface area contributed by atoms with Crippen LogP contribution >= 0.6 is 11.6 Å². The molecule has 0 unspecified atom stereocenters. The first kappa shape index (κ1) is 10.7. The van der Waals surface area contributed by atoms with Crippen LogP contribution in [-0.4, -0.2) is 20.1 Å². The Labute approximate surface area is 87.0 Å². The van der Waals surface area contributed by atoms with Crippen molar-refractivity contribution in [1.82, 2.24) is 0 Å². The van der Waals surface area contributed by atoms with Gasteiger partial charge in [-0.2, -0.15) is 0 Å². The Balaban J connectivity index is 3.31. The Morgan fingerprint density at radius 1 is 1.57 bits per heavy atom. The van der Waals surface area contributed by atoms with Gasteiger partial charge in [0.15, 0.2) is 0 Å². The number of methoxy groups -OCH3 is 1. The van der Waals surface area contributed by atoms with Crippen LogP contribution in [0.4, 0.5) is 5.69 Å². The summed E-state index contributed by atoms with van der Waals surface area (Å²) >= 11 is 5.88. The normalized spacial score (nSPS) is 9.64. The molecule has 0 aliphatic heterocycles. The number of rotatable bonds is 3. The third kappa shape index (κ3) is 1.90. The highest BCUT2D eigenvalue weighted by molar-refractivity contribution is 6.33. The molecule has 76 valence electrons. The molecule has 0 aliphatic carbocycles. The molecule has 0 saturated carbocycles. The van der Waals surface area contributed by atoms with E-state index in [0.717, 1.165) is 0 Å². The number of hydrogen-bond donors (Lipinski definition) is 2. The number of primary amides is 1. The standard InChI is InChI=1S/C9H11ClN2O2/c1-12-7-4-8(14-2)5(9(11)13)3-6(7)10/h3-4,12H,1-2H3,(H2,11,13). The molecule has 0 bridgehead atoms. The van der Waals surface area contributed by atoms with Crippen LogP contribution in [0, 0.1) is 0 Å². The molecular formula is C9H11ClN2O2. The van der Waals surface area contributed by atoms with Crippen LogP contribution in [0.2, 0.25) is 5.02 Å². The van der Waals surface area contributed by atoms with E-state index in [-0.39, 0.29) is 5.56 Å². The number of nitrogens with one attached hydrogen (secondary N) is 1. The first-order chi connectivity index (χ1) is 6.60. The fraction of sp³-hybridized carbons (Fsp3) is 0.222. The first-order valence-corrected chi connectivity index (χ1v) is 4.33. The van der Waals surface area contributed by atoms with Gasteiger partial charge in [0.1, 0.15) is 5.75 Å². The van der Waals surface area contributed by atoms with Gasteiger partial charge in [-0.15, -0.1) is 0 Å². The van der Waals surface area contributed by atoms with Gasteiger partial charge in [0.25, 0.3) is 5.91 Å². The molecule has 4 nitrogen and oxygen atoms in total. The number of ether oxygens (including phenoxy) is 1. The second-order valence-electron chi connectivity index (χ2n) is 2.65. The molecule has 0 atom stereocenters. The quantitative estimate of drug-likeness (QED) is 0.801. The lowest BCUT2D eigenvalue weighted by atomic mass is 10.1. The lowest BCUT2D eigenvalue weighted by Gasteiger charge is -2.09. The maximum absolute atomic E-state index is 11.0. The summed E-state index contributed by atoms with van der Waals surface area (Å²) in [5.74, 6) is -0.155. The van der Waals surface area contributed by atoms with Crippen molar-refractivity contribution < 1.29 is 9.53 Å². The van der Waals surface area contributed by atoms with Crippen LogP contribution in [0.5, 0.6) is 5.75 Å². The van der Waals surface area contributed by atoms with Crippen LogP contribution in [0.3, 0.4) is 0 Å². The number of amides is 1. The van der Waals surface area contributed by atoms with E-state index >= 15 is 0 Å². The van der Waals surface area contributed by atoms with E-state index in [1.165, 1.54) is 13.2 Å². The van der Waals surface area contributed by atoms with E-state index < -0.39 is 5.91 Å². The molecule has 0 aliphatic rings. The summed E-state index contributed by atoms with van der Waals surface area (Å²) in [5.41, 5.74) is 6.12. The van der Waals surface area contributed by atoms with Crippen molar-refractivity contribution in [3.63, 3.8) is 0 Å². The van der Waals surface area contributed by atoms with Gasteiger partial charge in [-0.05, 0) is 6.07 Å². The zero-order valence-corrected chi connectivity index (χ0v) is 8.68. The summed E-state index contributed by atoms with van der Waals surface area (Å²) in [5, 5.41) is 3.30. The third-order valence-corrected chi connectivity index (χ3v) is 2.14. The fourth-order valence-corrected chi connectivity index (χ4v) is 1.36. The molecular weight excluding hydrogens is 204 g/mol. The fourth-order valence-electron chi connectivity index (χ4n) is 1.11. The number of nitrogens with two attached hydrogens (primary N) is 1. The molecule has 0 aromatic heterocycles. The molecule has 3 N–H and O–H groups in total. The largest absolute Gasteiger partial charge is 0.496 e. The monoisotopic (exact) mass is 214 g/mol. The van der Waals surface area contributed by atoms with Gasteiger partial charge in [-0.25, -0.2) is 0 Å². The highest BCUT2D eigenvalue weighted by Crippen LogP contribution is 2.30. The van der Waals surface area contributed by atoms with Gasteiger partial charge in [0, 0.05) is 13.1 Å². The molecule has 0 saturated heterocycles. The molecule has 0 fully saturated rings. The molecule has 1 aromatic carbocycles. The van der Waals surface area contributed by atoms with E-state index in [2.05, 4.69) is 5.32 Å². The zero-order chi connectivity index (χ0) is 10.7. The summed E-state index contributed by atoms with van der Waals surface area (Å²) in [6.45, 7) is 0. The molecule has 1 rings (SSSR count). The second kappa shape index (κ2) is 4.19. The summed E-state index contributed by atoms with van der Waals surface area (Å²) in [7, 11) is 3.19. The lowest BCUT2D eigenvalue weighted by Crippen LogP contribution is -2.12. The number of halogens is 1. The highest BCUT2D eigenvalue weighted by atomic mass is 35.5. The summed E-state index contributed by atoms with van der Waals surface area (Å²) in [6.07, 6.45) is 0. The Bertz CT molecular complexity index is 366. The van der Waals surface area contributed by atoms with Gasteiger partial charge in [0.05, 0.1) is 23.4 Å². The summed E-state index contributed by atoms with van der Waals surface area (Å²) < 4.78 is 5.00. The van der Waals surface area contributed by atoms with Crippen LogP contribution < -0.4 is 15.8 Å². The minimum Gasteiger partial charge on any atom is -0.496 e. The van der Waals surface area contributed by atoms with Gasteiger partial charge < -0.3 is 15.8 Å². The van der Waals surface area contributed by atoms with E-state index in [9.17, 15) is 4.79 Å². The average Bonchev–Trinajstić information content (AvgIpc) is 2.17. The van der Waals surface area contributed by atoms with E-state index in [4.69, 9.17) is 22.1 Å². The number of anilines is 1. The topological polar surface area (TPSA) is 64.3 Å².